The van der Waals surface area contributed by atoms with Gasteiger partial charge in [0, 0.05) is 12.2 Å². The van der Waals surface area contributed by atoms with Gasteiger partial charge in [0.1, 0.15) is 17.7 Å². The van der Waals surface area contributed by atoms with Gasteiger partial charge in [0.05, 0.1) is 10.7 Å². The molecule has 1 atom stereocenters. The smallest absolute Gasteiger partial charge is 0.139 e. The Morgan fingerprint density at radius 1 is 1.50 bits per heavy atom. The van der Waals surface area contributed by atoms with Gasteiger partial charge in [-0.25, -0.2) is 4.39 Å². The summed E-state index contributed by atoms with van der Waals surface area (Å²) >= 11 is 3.12. The molecule has 2 rings (SSSR count). The van der Waals surface area contributed by atoms with Crippen LogP contribution in [0.2, 0.25) is 0 Å². The van der Waals surface area contributed by atoms with Crippen molar-refractivity contribution in [2.75, 3.05) is 11.9 Å². The highest BCUT2D eigenvalue weighted by Gasteiger charge is 2.11. The van der Waals surface area contributed by atoms with Gasteiger partial charge in [0.25, 0.3) is 0 Å². The van der Waals surface area contributed by atoms with Crippen molar-refractivity contribution < 1.29 is 13.9 Å². The molecule has 5 heteroatoms. The molecule has 18 heavy (non-hydrogen) atoms. The number of aliphatic hydroxyl groups excluding tert-OH is 1. The van der Waals surface area contributed by atoms with Gasteiger partial charge >= 0.3 is 0 Å². The van der Waals surface area contributed by atoms with Gasteiger partial charge in [-0.2, -0.15) is 0 Å². The number of nitrogens with one attached hydrogen (secondary N) is 1. The number of aryl methyl sites for hydroxylation is 1. The zero-order chi connectivity index (χ0) is 13.1. The van der Waals surface area contributed by atoms with E-state index in [2.05, 4.69) is 21.2 Å². The predicted molar refractivity (Wildman–Crippen MR) is 71.0 cm³/mol. The molecule has 0 aliphatic heterocycles. The zero-order valence-electron chi connectivity index (χ0n) is 9.78. The maximum atomic E-state index is 13.4. The van der Waals surface area contributed by atoms with Crippen LogP contribution in [0, 0.1) is 12.7 Å². The zero-order valence-corrected chi connectivity index (χ0v) is 11.4. The minimum absolute atomic E-state index is 0.259. The summed E-state index contributed by atoms with van der Waals surface area (Å²) in [5.74, 6) is 0.147. The van der Waals surface area contributed by atoms with Crippen LogP contribution < -0.4 is 5.32 Å². The van der Waals surface area contributed by atoms with E-state index in [-0.39, 0.29) is 12.4 Å². The number of hydrogen-bond acceptors (Lipinski definition) is 3. The van der Waals surface area contributed by atoms with Crippen LogP contribution in [0.25, 0.3) is 0 Å². The van der Waals surface area contributed by atoms with Crippen LogP contribution in [0.3, 0.4) is 0 Å². The molecule has 0 aliphatic carbocycles. The average Bonchev–Trinajstić information content (AvgIpc) is 2.85. The molecule has 2 N–H and O–H groups in total. The maximum Gasteiger partial charge on any atom is 0.139 e. The number of benzene rings is 1. The first-order valence-corrected chi connectivity index (χ1v) is 6.28. The molecule has 1 heterocycles. The van der Waals surface area contributed by atoms with E-state index >= 15 is 0 Å². The minimum atomic E-state index is -0.758. The molecule has 0 saturated carbocycles. The molecule has 2 aromatic rings. The number of halogens is 2. The second kappa shape index (κ2) is 5.54. The number of aliphatic hydroxyl groups is 1. The van der Waals surface area contributed by atoms with Crippen molar-refractivity contribution in [2.24, 2.45) is 0 Å². The van der Waals surface area contributed by atoms with Crippen molar-refractivity contribution >= 4 is 21.6 Å². The van der Waals surface area contributed by atoms with Crippen LogP contribution in [0.5, 0.6) is 0 Å². The van der Waals surface area contributed by atoms with E-state index in [1.54, 1.807) is 18.2 Å². The first-order valence-electron chi connectivity index (χ1n) is 5.49. The lowest BCUT2D eigenvalue weighted by Crippen LogP contribution is -2.12. The second-order valence-corrected chi connectivity index (χ2v) is 4.85. The highest BCUT2D eigenvalue weighted by atomic mass is 79.9. The highest BCUT2D eigenvalue weighted by molar-refractivity contribution is 9.10. The van der Waals surface area contributed by atoms with Crippen LogP contribution in [0.4, 0.5) is 10.1 Å². The normalized spacial score (nSPS) is 12.4. The summed E-state index contributed by atoms with van der Waals surface area (Å²) in [6, 6.07) is 6.50. The third-order valence-electron chi connectivity index (χ3n) is 2.62. The summed E-state index contributed by atoms with van der Waals surface area (Å²) in [6.45, 7) is 2.13. The van der Waals surface area contributed by atoms with Gasteiger partial charge < -0.3 is 14.8 Å². The van der Waals surface area contributed by atoms with E-state index < -0.39 is 6.10 Å². The van der Waals surface area contributed by atoms with Crippen LogP contribution in [0.15, 0.2) is 39.4 Å². The van der Waals surface area contributed by atoms with Gasteiger partial charge in [-0.1, -0.05) is 0 Å². The molecule has 0 radical (unpaired) electrons. The minimum Gasteiger partial charge on any atom is -0.467 e. The maximum absolute atomic E-state index is 13.4. The summed E-state index contributed by atoms with van der Waals surface area (Å²) in [5.41, 5.74) is 1.55. The lowest BCUT2D eigenvalue weighted by atomic mass is 10.2. The Labute approximate surface area is 113 Å². The lowest BCUT2D eigenvalue weighted by molar-refractivity contribution is 0.162. The van der Waals surface area contributed by atoms with E-state index in [1.165, 1.54) is 12.3 Å². The Morgan fingerprint density at radius 2 is 2.28 bits per heavy atom. The van der Waals surface area contributed by atoms with Gasteiger partial charge in [-0.15, -0.1) is 0 Å². The Bertz CT molecular complexity index is 528. The fourth-order valence-corrected chi connectivity index (χ4v) is 2.08. The first kappa shape index (κ1) is 13.1. The largest absolute Gasteiger partial charge is 0.467 e. The molecular formula is C13H13BrFNO2. The second-order valence-electron chi connectivity index (χ2n) is 3.99. The summed E-state index contributed by atoms with van der Waals surface area (Å²) in [4.78, 5) is 0. The Balaban J connectivity index is 2.04. The van der Waals surface area contributed by atoms with Crippen LogP contribution >= 0.6 is 15.9 Å². The van der Waals surface area contributed by atoms with Crippen molar-refractivity contribution in [3.05, 3.63) is 52.1 Å². The van der Waals surface area contributed by atoms with Gasteiger partial charge in [-0.05, 0) is 52.7 Å². The van der Waals surface area contributed by atoms with Gasteiger partial charge in [0.2, 0.25) is 0 Å². The summed E-state index contributed by atoms with van der Waals surface area (Å²) in [6.07, 6.45) is 0.745. The highest BCUT2D eigenvalue weighted by Crippen LogP contribution is 2.24. The third-order valence-corrected chi connectivity index (χ3v) is 3.23. The van der Waals surface area contributed by atoms with Gasteiger partial charge in [0.15, 0.2) is 0 Å². The molecule has 0 amide bonds. The number of rotatable bonds is 4. The van der Waals surface area contributed by atoms with E-state index in [1.807, 2.05) is 6.92 Å². The van der Waals surface area contributed by atoms with E-state index in [0.717, 1.165) is 5.56 Å². The summed E-state index contributed by atoms with van der Waals surface area (Å²) in [5, 5.41) is 12.8. The molecule has 0 spiro atoms. The molecule has 3 nitrogen and oxygen atoms in total. The first-order chi connectivity index (χ1) is 8.58. The average molecular weight is 314 g/mol. The van der Waals surface area contributed by atoms with Crippen LogP contribution in [-0.4, -0.2) is 11.7 Å². The van der Waals surface area contributed by atoms with E-state index in [4.69, 9.17) is 4.42 Å². The predicted octanol–water partition coefficient (Wildman–Crippen LogP) is 3.64. The molecule has 0 bridgehead atoms. The Morgan fingerprint density at radius 3 is 2.94 bits per heavy atom. The quantitative estimate of drug-likeness (QED) is 0.906. The fourth-order valence-electron chi connectivity index (χ4n) is 1.62. The molecule has 1 aromatic carbocycles. The summed E-state index contributed by atoms with van der Waals surface area (Å²) in [7, 11) is 0. The van der Waals surface area contributed by atoms with Crippen LogP contribution in [0.1, 0.15) is 17.4 Å². The van der Waals surface area contributed by atoms with E-state index in [0.29, 0.717) is 15.9 Å². The third kappa shape index (κ3) is 2.91. The van der Waals surface area contributed by atoms with Crippen molar-refractivity contribution in [2.45, 2.75) is 13.0 Å². The van der Waals surface area contributed by atoms with Crippen molar-refractivity contribution in [1.82, 2.24) is 0 Å². The molecule has 1 unspecified atom stereocenters. The fraction of sp³-hybridized carbons (Fsp3) is 0.231. The molecule has 96 valence electrons. The van der Waals surface area contributed by atoms with Crippen molar-refractivity contribution in [3.8, 4) is 0 Å². The van der Waals surface area contributed by atoms with E-state index in [9.17, 15) is 9.50 Å². The van der Waals surface area contributed by atoms with Gasteiger partial charge in [-0.3, -0.25) is 0 Å². The number of anilines is 1. The summed E-state index contributed by atoms with van der Waals surface area (Å²) < 4.78 is 18.9. The van der Waals surface area contributed by atoms with Crippen molar-refractivity contribution in [1.29, 1.82) is 0 Å². The number of hydrogen-bond donors (Lipinski definition) is 2. The van der Waals surface area contributed by atoms with Crippen molar-refractivity contribution in [3.63, 3.8) is 0 Å². The van der Waals surface area contributed by atoms with Crippen LogP contribution in [-0.2, 0) is 0 Å². The molecule has 0 saturated heterocycles. The topological polar surface area (TPSA) is 45.4 Å². The molecular weight excluding hydrogens is 301 g/mol. The molecule has 1 aromatic heterocycles. The molecule has 0 fully saturated rings. The lowest BCUT2D eigenvalue weighted by Gasteiger charge is -2.13. The monoisotopic (exact) mass is 313 g/mol. The molecule has 0 aliphatic rings. The number of furan rings is 1. The standard InChI is InChI=1S/C13H13BrFNO2/c1-8-5-9(14)10(15)6-11(8)16-7-12(17)13-3-2-4-18-13/h2-6,12,16-17H,7H2,1H3. The Hall–Kier alpha value is -1.33. The Kier molecular flexibility index (Phi) is 4.04. The SMILES string of the molecule is Cc1cc(Br)c(F)cc1NCC(O)c1ccco1.